The Morgan fingerprint density at radius 2 is 1.79 bits per heavy atom. The smallest absolute Gasteiger partial charge is 0.323 e. The predicted octanol–water partition coefficient (Wildman–Crippen LogP) is 4.19. The van der Waals surface area contributed by atoms with E-state index < -0.39 is 34.1 Å². The lowest BCUT2D eigenvalue weighted by molar-refractivity contribution is 0.0389. The average molecular weight is 676 g/mol. The number of hydrogen-bond acceptors (Lipinski definition) is 9. The maximum absolute atomic E-state index is 13.9. The van der Waals surface area contributed by atoms with Crippen molar-refractivity contribution in [1.29, 1.82) is 0 Å². The number of carbonyl (C=O) groups is 2. The van der Waals surface area contributed by atoms with E-state index in [1.165, 1.54) is 23.5 Å². The maximum Gasteiger partial charge on any atom is 0.323 e. The van der Waals surface area contributed by atoms with Crippen molar-refractivity contribution in [3.8, 4) is 17.2 Å². The van der Waals surface area contributed by atoms with Crippen LogP contribution < -0.4 is 24.8 Å². The van der Waals surface area contributed by atoms with Crippen LogP contribution in [0.15, 0.2) is 78.0 Å². The van der Waals surface area contributed by atoms with E-state index in [0.29, 0.717) is 30.4 Å². The molecule has 1 aromatic heterocycles. The number of likely N-dealkylation sites (N-methyl/N-ethyl adjacent to an activating group) is 1. The molecule has 2 aliphatic heterocycles. The van der Waals surface area contributed by atoms with Crippen LogP contribution in [-0.2, 0) is 10.0 Å². The molecule has 3 atom stereocenters. The van der Waals surface area contributed by atoms with Crippen molar-refractivity contribution >= 4 is 44.1 Å². The number of sulfonamides is 1. The first-order valence-corrected chi connectivity index (χ1v) is 17.0. The Balaban J connectivity index is 1.31. The Bertz CT molecular complexity index is 1950. The van der Waals surface area contributed by atoms with Gasteiger partial charge in [-0.15, -0.1) is 0 Å². The summed E-state index contributed by atoms with van der Waals surface area (Å²) in [6, 6.07) is 15.5. The van der Waals surface area contributed by atoms with Crippen molar-refractivity contribution in [2.75, 3.05) is 50.6 Å². The molecule has 0 aliphatic carbocycles. The third-order valence-corrected chi connectivity index (χ3v) is 10.3. The number of hydrogen-bond donors (Lipinski definition) is 3. The number of benzene rings is 3. The van der Waals surface area contributed by atoms with Crippen LogP contribution in [0.25, 0.3) is 10.8 Å². The molecular weight excluding hydrogens is 638 g/mol. The van der Waals surface area contributed by atoms with Crippen molar-refractivity contribution < 1.29 is 37.3 Å². The lowest BCUT2D eigenvalue weighted by atomic mass is 9.99. The number of aromatic nitrogens is 1. The molecule has 2 aliphatic rings. The molecule has 0 radical (unpaired) electrons. The maximum atomic E-state index is 13.9. The molecular formula is C34H37N5O8S. The van der Waals surface area contributed by atoms with E-state index in [2.05, 4.69) is 15.6 Å². The third kappa shape index (κ3) is 6.59. The zero-order valence-corrected chi connectivity index (χ0v) is 27.6. The van der Waals surface area contributed by atoms with Gasteiger partial charge in [0.15, 0.2) is 17.2 Å². The molecule has 3 amide bonds. The van der Waals surface area contributed by atoms with E-state index in [1.807, 2.05) is 25.1 Å². The second-order valence-electron chi connectivity index (χ2n) is 11.9. The van der Waals surface area contributed by atoms with Gasteiger partial charge in [-0.2, -0.15) is 4.31 Å². The molecule has 0 saturated heterocycles. The number of aliphatic hydroxyl groups is 1. The highest BCUT2D eigenvalue weighted by atomic mass is 32.2. The van der Waals surface area contributed by atoms with E-state index in [9.17, 15) is 23.1 Å². The van der Waals surface area contributed by atoms with Crippen LogP contribution in [0, 0.1) is 5.92 Å². The van der Waals surface area contributed by atoms with E-state index in [-0.39, 0.29) is 47.5 Å². The van der Waals surface area contributed by atoms with Gasteiger partial charge >= 0.3 is 6.03 Å². The molecule has 3 N–H and O–H groups in total. The van der Waals surface area contributed by atoms with Gasteiger partial charge in [-0.25, -0.2) is 13.2 Å². The number of nitrogens with zero attached hydrogens (tertiary/aromatic N) is 3. The van der Waals surface area contributed by atoms with E-state index >= 15 is 0 Å². The minimum absolute atomic E-state index is 0.0292. The normalized spacial score (nSPS) is 18.4. The largest absolute Gasteiger partial charge is 0.486 e. The van der Waals surface area contributed by atoms with Crippen LogP contribution in [0.3, 0.4) is 0 Å². The minimum atomic E-state index is -4.01. The van der Waals surface area contributed by atoms with Gasteiger partial charge < -0.3 is 34.9 Å². The molecule has 3 aromatic carbocycles. The van der Waals surface area contributed by atoms with Crippen LogP contribution in [0.5, 0.6) is 17.2 Å². The fourth-order valence-corrected chi connectivity index (χ4v) is 6.97. The molecule has 0 bridgehead atoms. The summed E-state index contributed by atoms with van der Waals surface area (Å²) < 4.78 is 46.4. The van der Waals surface area contributed by atoms with Crippen LogP contribution >= 0.6 is 0 Å². The summed E-state index contributed by atoms with van der Waals surface area (Å²) in [6.07, 6.45) is 2.56. The van der Waals surface area contributed by atoms with Crippen molar-refractivity contribution in [3.05, 3.63) is 78.6 Å². The third-order valence-electron chi connectivity index (χ3n) is 8.53. The molecule has 48 heavy (non-hydrogen) atoms. The number of rotatable bonds is 8. The molecule has 0 saturated carbocycles. The number of carbonyl (C=O) groups excluding carboxylic acids is 2. The van der Waals surface area contributed by atoms with Gasteiger partial charge in [0, 0.05) is 43.4 Å². The summed E-state index contributed by atoms with van der Waals surface area (Å²) in [7, 11) is -2.55. The quantitative estimate of drug-likeness (QED) is 0.249. The van der Waals surface area contributed by atoms with E-state index in [1.54, 1.807) is 54.5 Å². The highest BCUT2D eigenvalue weighted by molar-refractivity contribution is 7.89. The van der Waals surface area contributed by atoms with Crippen LogP contribution in [-0.4, -0.2) is 91.8 Å². The minimum Gasteiger partial charge on any atom is -0.486 e. The number of amides is 3. The number of aliphatic hydroxyl groups excluding tert-OH is 1. The second kappa shape index (κ2) is 13.7. The number of nitrogens with one attached hydrogen (secondary N) is 2. The van der Waals surface area contributed by atoms with Crippen molar-refractivity contribution in [3.63, 3.8) is 0 Å². The number of para-hydroxylation sites is 1. The van der Waals surface area contributed by atoms with Crippen LogP contribution in [0.4, 0.5) is 16.2 Å². The van der Waals surface area contributed by atoms with E-state index in [4.69, 9.17) is 14.2 Å². The van der Waals surface area contributed by atoms with Crippen molar-refractivity contribution in [2.24, 2.45) is 5.92 Å². The summed E-state index contributed by atoms with van der Waals surface area (Å²) >= 11 is 0. The Morgan fingerprint density at radius 1 is 1.06 bits per heavy atom. The van der Waals surface area contributed by atoms with Gasteiger partial charge in [-0.05, 0) is 48.7 Å². The average Bonchev–Trinajstić information content (AvgIpc) is 3.09. The van der Waals surface area contributed by atoms with Gasteiger partial charge in [0.25, 0.3) is 5.91 Å². The molecule has 252 valence electrons. The Labute approximate surface area is 278 Å². The second-order valence-corrected chi connectivity index (χ2v) is 13.9. The molecule has 0 unspecified atom stereocenters. The van der Waals surface area contributed by atoms with Gasteiger partial charge in [0.2, 0.25) is 10.0 Å². The fourth-order valence-electron chi connectivity index (χ4n) is 5.77. The zero-order valence-electron chi connectivity index (χ0n) is 26.8. The number of ether oxygens (including phenoxy) is 3. The molecule has 3 heterocycles. The van der Waals surface area contributed by atoms with Gasteiger partial charge in [0.05, 0.1) is 41.0 Å². The molecule has 4 aromatic rings. The van der Waals surface area contributed by atoms with Crippen molar-refractivity contribution in [1.82, 2.24) is 14.2 Å². The summed E-state index contributed by atoms with van der Waals surface area (Å²) in [6.45, 7) is 4.10. The molecule has 0 fully saturated rings. The predicted molar refractivity (Wildman–Crippen MR) is 179 cm³/mol. The first kappa shape index (κ1) is 33.0. The summed E-state index contributed by atoms with van der Waals surface area (Å²) in [5.41, 5.74) is 0.913. The lowest BCUT2D eigenvalue weighted by Gasteiger charge is -2.38. The Morgan fingerprint density at radius 3 is 2.58 bits per heavy atom. The number of anilines is 2. The molecule has 6 rings (SSSR count). The van der Waals surface area contributed by atoms with Gasteiger partial charge in [-0.1, -0.05) is 25.1 Å². The number of fused-ring (bicyclic) bond motifs is 3. The first-order valence-electron chi connectivity index (χ1n) is 15.5. The molecule has 14 heteroatoms. The Hall–Kier alpha value is -4.92. The highest BCUT2D eigenvalue weighted by Crippen LogP contribution is 2.37. The van der Waals surface area contributed by atoms with Crippen molar-refractivity contribution in [2.45, 2.75) is 30.9 Å². The summed E-state index contributed by atoms with van der Waals surface area (Å²) in [5, 5.41) is 17.3. The number of urea groups is 1. The number of pyridine rings is 1. The lowest BCUT2D eigenvalue weighted by Crippen LogP contribution is -2.50. The SMILES string of the molecule is C[C@@H]1CN([C@@H](C)CO)C(=O)c2cccc(NC(=O)Nc3cccc4ccncc34)c2O[C@H]1CN(C)S(=O)(=O)c1ccc2c(c1)OCCO2. The topological polar surface area (TPSA) is 160 Å². The van der Waals surface area contributed by atoms with Crippen LogP contribution in [0.2, 0.25) is 0 Å². The molecule has 0 spiro atoms. The standard InChI is InChI=1S/C34H37N5O8S/c1-21-18-39(22(2)20-40)33(41)25-7-5-9-28(37-34(42)36-27-8-4-6-23-12-13-35-17-26(23)27)32(25)47-31(21)19-38(3)48(43,44)24-10-11-29-30(16-24)46-15-14-45-29/h4-13,16-17,21-22,31,40H,14-15,18-20H2,1-3H3,(H2,36,37,42)/t21-,22+,31+/m1/s1. The van der Waals surface area contributed by atoms with Gasteiger partial charge in [0.1, 0.15) is 19.3 Å². The van der Waals surface area contributed by atoms with E-state index in [0.717, 1.165) is 10.8 Å². The molecule has 13 nitrogen and oxygen atoms in total. The fraction of sp³-hybridized carbons (Fsp3) is 0.324. The first-order chi connectivity index (χ1) is 23.1. The highest BCUT2D eigenvalue weighted by Gasteiger charge is 2.36. The summed E-state index contributed by atoms with van der Waals surface area (Å²) in [5.74, 6) is 0.132. The summed E-state index contributed by atoms with van der Waals surface area (Å²) in [4.78, 5) is 33.0. The van der Waals surface area contributed by atoms with Gasteiger partial charge in [-0.3, -0.25) is 9.78 Å². The zero-order chi connectivity index (χ0) is 34.0. The van der Waals surface area contributed by atoms with Crippen LogP contribution in [0.1, 0.15) is 24.2 Å². The monoisotopic (exact) mass is 675 g/mol. The Kier molecular flexibility index (Phi) is 9.40.